The number of rotatable bonds is 3. The quantitative estimate of drug-likeness (QED) is 0.643. The van der Waals surface area contributed by atoms with Crippen molar-refractivity contribution in [2.45, 2.75) is 18.8 Å². The van der Waals surface area contributed by atoms with Gasteiger partial charge in [0.2, 0.25) is 0 Å². The van der Waals surface area contributed by atoms with Gasteiger partial charge in [-0.25, -0.2) is 4.98 Å². The summed E-state index contributed by atoms with van der Waals surface area (Å²) in [6.45, 7) is 1.93. The third-order valence-corrected chi connectivity index (χ3v) is 4.19. The Morgan fingerprint density at radius 1 is 1.24 bits per heavy atom. The van der Waals surface area contributed by atoms with Crippen molar-refractivity contribution < 1.29 is 4.92 Å². The molecule has 0 atom stereocenters. The maximum Gasteiger partial charge on any atom is 0.269 e. The average molecular weight is 286 g/mol. The average Bonchev–Trinajstić information content (AvgIpc) is 2.94. The van der Waals surface area contributed by atoms with Crippen molar-refractivity contribution >= 4 is 11.4 Å². The first-order chi connectivity index (χ1) is 10.1. The minimum atomic E-state index is -0.363. The Morgan fingerprint density at radius 2 is 1.90 bits per heavy atom. The van der Waals surface area contributed by atoms with Gasteiger partial charge < -0.3 is 9.47 Å². The SMILES string of the molecule is Cn1cncc1C1CCN(c2ccc([N+](=O)[O-])cc2)CC1. The number of nitrogens with zero attached hydrogens (tertiary/aromatic N) is 4. The van der Waals surface area contributed by atoms with Gasteiger partial charge >= 0.3 is 0 Å². The summed E-state index contributed by atoms with van der Waals surface area (Å²) >= 11 is 0. The number of aromatic nitrogens is 2. The van der Waals surface area contributed by atoms with Gasteiger partial charge in [-0.05, 0) is 25.0 Å². The topological polar surface area (TPSA) is 64.2 Å². The predicted octanol–water partition coefficient (Wildman–Crippen LogP) is 2.71. The second-order valence-electron chi connectivity index (χ2n) is 5.46. The van der Waals surface area contributed by atoms with Gasteiger partial charge in [-0.3, -0.25) is 10.1 Å². The lowest BCUT2D eigenvalue weighted by molar-refractivity contribution is -0.384. The van der Waals surface area contributed by atoms with Crippen molar-refractivity contribution in [3.05, 3.63) is 52.6 Å². The number of non-ortho nitro benzene ring substituents is 1. The third kappa shape index (κ3) is 2.74. The molecule has 0 amide bonds. The highest BCUT2D eigenvalue weighted by molar-refractivity contribution is 5.51. The van der Waals surface area contributed by atoms with E-state index in [9.17, 15) is 10.1 Å². The zero-order valence-electron chi connectivity index (χ0n) is 12.0. The van der Waals surface area contributed by atoms with E-state index >= 15 is 0 Å². The highest BCUT2D eigenvalue weighted by Crippen LogP contribution is 2.30. The number of benzene rings is 1. The Morgan fingerprint density at radius 3 is 2.43 bits per heavy atom. The van der Waals surface area contributed by atoms with E-state index in [-0.39, 0.29) is 10.6 Å². The summed E-state index contributed by atoms with van der Waals surface area (Å²) in [6, 6.07) is 6.82. The number of piperidine rings is 1. The number of hydrogen-bond acceptors (Lipinski definition) is 4. The molecule has 21 heavy (non-hydrogen) atoms. The molecular formula is C15H18N4O2. The van der Waals surface area contributed by atoms with Crippen molar-refractivity contribution in [2.75, 3.05) is 18.0 Å². The summed E-state index contributed by atoms with van der Waals surface area (Å²) in [7, 11) is 2.03. The summed E-state index contributed by atoms with van der Waals surface area (Å²) in [4.78, 5) is 16.8. The maximum absolute atomic E-state index is 10.7. The van der Waals surface area contributed by atoms with Crippen LogP contribution in [0.15, 0.2) is 36.8 Å². The molecule has 1 saturated heterocycles. The van der Waals surface area contributed by atoms with E-state index in [0.717, 1.165) is 31.6 Å². The summed E-state index contributed by atoms with van der Waals surface area (Å²) in [6.07, 6.45) is 5.96. The molecule has 110 valence electrons. The predicted molar refractivity (Wildman–Crippen MR) is 80.5 cm³/mol. The van der Waals surface area contributed by atoms with Gasteiger partial charge in [0.1, 0.15) is 0 Å². The van der Waals surface area contributed by atoms with Gasteiger partial charge in [-0.15, -0.1) is 0 Å². The first kappa shape index (κ1) is 13.6. The van der Waals surface area contributed by atoms with Crippen molar-refractivity contribution in [3.8, 4) is 0 Å². The van der Waals surface area contributed by atoms with E-state index in [2.05, 4.69) is 14.5 Å². The van der Waals surface area contributed by atoms with Crippen LogP contribution in [0, 0.1) is 10.1 Å². The highest BCUT2D eigenvalue weighted by Gasteiger charge is 2.22. The van der Waals surface area contributed by atoms with Crippen molar-refractivity contribution in [2.24, 2.45) is 7.05 Å². The molecule has 2 heterocycles. The van der Waals surface area contributed by atoms with Crippen LogP contribution in [-0.4, -0.2) is 27.6 Å². The summed E-state index contributed by atoms with van der Waals surface area (Å²) in [5.41, 5.74) is 2.49. The Balaban J connectivity index is 1.65. The molecule has 1 aromatic heterocycles. The van der Waals surface area contributed by atoms with Crippen molar-refractivity contribution in [3.63, 3.8) is 0 Å². The molecule has 0 bridgehead atoms. The van der Waals surface area contributed by atoms with Crippen LogP contribution < -0.4 is 4.90 Å². The molecule has 6 heteroatoms. The van der Waals surface area contributed by atoms with Crippen LogP contribution in [0.1, 0.15) is 24.5 Å². The minimum Gasteiger partial charge on any atom is -0.371 e. The Labute approximate surface area is 123 Å². The first-order valence-corrected chi connectivity index (χ1v) is 7.11. The van der Waals surface area contributed by atoms with Crippen LogP contribution in [0.4, 0.5) is 11.4 Å². The molecule has 2 aromatic rings. The van der Waals surface area contributed by atoms with Crippen LogP contribution in [0.25, 0.3) is 0 Å². The Hall–Kier alpha value is -2.37. The van der Waals surface area contributed by atoms with Crippen LogP contribution in [0.3, 0.4) is 0 Å². The fourth-order valence-electron chi connectivity index (χ4n) is 2.98. The summed E-state index contributed by atoms with van der Waals surface area (Å²) in [5, 5.41) is 10.7. The van der Waals surface area contributed by atoms with Gasteiger partial charge in [0.05, 0.1) is 11.3 Å². The lowest BCUT2D eigenvalue weighted by Crippen LogP contribution is -2.33. The fraction of sp³-hybridized carbons (Fsp3) is 0.400. The molecule has 0 spiro atoms. The third-order valence-electron chi connectivity index (χ3n) is 4.19. The van der Waals surface area contributed by atoms with Gasteiger partial charge in [0.25, 0.3) is 5.69 Å². The molecule has 1 aliphatic heterocycles. The summed E-state index contributed by atoms with van der Waals surface area (Å²) < 4.78 is 2.09. The Bertz CT molecular complexity index is 627. The fourth-order valence-corrected chi connectivity index (χ4v) is 2.98. The second kappa shape index (κ2) is 5.55. The molecule has 0 unspecified atom stereocenters. The smallest absolute Gasteiger partial charge is 0.269 e. The zero-order valence-corrected chi connectivity index (χ0v) is 12.0. The molecule has 0 aliphatic carbocycles. The van der Waals surface area contributed by atoms with E-state index in [1.165, 1.54) is 5.69 Å². The van der Waals surface area contributed by atoms with Crippen LogP contribution in [0.2, 0.25) is 0 Å². The normalized spacial score (nSPS) is 16.1. The molecule has 1 fully saturated rings. The van der Waals surface area contributed by atoms with E-state index in [4.69, 9.17) is 0 Å². The lowest BCUT2D eigenvalue weighted by Gasteiger charge is -2.33. The number of aryl methyl sites for hydroxylation is 1. The molecule has 1 aromatic carbocycles. The van der Waals surface area contributed by atoms with E-state index in [1.807, 2.05) is 31.7 Å². The van der Waals surface area contributed by atoms with E-state index in [0.29, 0.717) is 5.92 Å². The zero-order chi connectivity index (χ0) is 14.8. The van der Waals surface area contributed by atoms with Gasteiger partial charge in [-0.2, -0.15) is 0 Å². The lowest BCUT2D eigenvalue weighted by atomic mass is 9.93. The van der Waals surface area contributed by atoms with Crippen LogP contribution >= 0.6 is 0 Å². The first-order valence-electron chi connectivity index (χ1n) is 7.11. The molecule has 0 radical (unpaired) electrons. The monoisotopic (exact) mass is 286 g/mol. The number of hydrogen-bond donors (Lipinski definition) is 0. The summed E-state index contributed by atoms with van der Waals surface area (Å²) in [5.74, 6) is 0.548. The van der Waals surface area contributed by atoms with Gasteiger partial charge in [0.15, 0.2) is 0 Å². The molecule has 0 saturated carbocycles. The van der Waals surface area contributed by atoms with Gasteiger partial charge in [0, 0.05) is 55.8 Å². The van der Waals surface area contributed by atoms with Crippen molar-refractivity contribution in [1.82, 2.24) is 9.55 Å². The largest absolute Gasteiger partial charge is 0.371 e. The number of nitro groups is 1. The van der Waals surface area contributed by atoms with E-state index < -0.39 is 0 Å². The maximum atomic E-state index is 10.7. The second-order valence-corrected chi connectivity index (χ2v) is 5.46. The van der Waals surface area contributed by atoms with Crippen LogP contribution in [-0.2, 0) is 7.05 Å². The molecule has 3 rings (SSSR count). The molecular weight excluding hydrogens is 268 g/mol. The number of anilines is 1. The molecule has 6 nitrogen and oxygen atoms in total. The number of imidazole rings is 1. The van der Waals surface area contributed by atoms with Crippen molar-refractivity contribution in [1.29, 1.82) is 0 Å². The molecule has 1 aliphatic rings. The minimum absolute atomic E-state index is 0.142. The molecule has 0 N–H and O–H groups in total. The van der Waals surface area contributed by atoms with E-state index in [1.54, 1.807) is 12.1 Å². The van der Waals surface area contributed by atoms with Crippen LogP contribution in [0.5, 0.6) is 0 Å². The number of nitro benzene ring substituents is 1. The Kier molecular flexibility index (Phi) is 3.60. The standard InChI is InChI=1S/C15H18N4O2/c1-17-11-16-10-15(17)12-6-8-18(9-7-12)13-2-4-14(5-3-13)19(20)21/h2-5,10-12H,6-9H2,1H3. The highest BCUT2D eigenvalue weighted by atomic mass is 16.6. The van der Waals surface area contributed by atoms with Gasteiger partial charge in [-0.1, -0.05) is 0 Å².